The number of nitrogens with zero attached hydrogens (tertiary/aromatic N) is 5. The van der Waals surface area contributed by atoms with Crippen LogP contribution in [0.4, 0.5) is 0 Å². The molecule has 1 saturated heterocycles. The fraction of sp³-hybridized carbons (Fsp3) is 0.423. The third-order valence-corrected chi connectivity index (χ3v) is 7.21. The highest BCUT2D eigenvalue weighted by molar-refractivity contribution is 5.99. The summed E-state index contributed by atoms with van der Waals surface area (Å²) < 4.78 is 7.13. The number of Topliss-reactive ketones (excluding diaryl/α,β-unsaturated/α-hetero) is 1. The number of carbonyl (C=O) groups is 2. The summed E-state index contributed by atoms with van der Waals surface area (Å²) >= 11 is 0. The van der Waals surface area contributed by atoms with Gasteiger partial charge in [0.1, 0.15) is 17.5 Å². The van der Waals surface area contributed by atoms with E-state index < -0.39 is 0 Å². The Morgan fingerprint density at radius 1 is 1.18 bits per heavy atom. The van der Waals surface area contributed by atoms with Crippen molar-refractivity contribution in [2.24, 2.45) is 5.41 Å². The minimum Gasteiger partial charge on any atom is -0.495 e. The van der Waals surface area contributed by atoms with Gasteiger partial charge in [-0.05, 0) is 56.7 Å². The van der Waals surface area contributed by atoms with Crippen molar-refractivity contribution in [3.05, 3.63) is 53.0 Å². The van der Waals surface area contributed by atoms with Gasteiger partial charge in [0.2, 0.25) is 0 Å². The minimum absolute atomic E-state index is 0.0666. The number of likely N-dealkylation sites (tertiary alicyclic amines) is 1. The van der Waals surface area contributed by atoms with E-state index >= 15 is 0 Å². The molecule has 5 rings (SSSR count). The van der Waals surface area contributed by atoms with Gasteiger partial charge in [0, 0.05) is 42.7 Å². The fourth-order valence-electron chi connectivity index (χ4n) is 5.37. The fourth-order valence-corrected chi connectivity index (χ4v) is 5.37. The van der Waals surface area contributed by atoms with Crippen LogP contribution >= 0.6 is 0 Å². The first-order valence-electron chi connectivity index (χ1n) is 11.6. The quantitative estimate of drug-likeness (QED) is 0.590. The molecule has 0 bridgehead atoms. The van der Waals surface area contributed by atoms with Crippen molar-refractivity contribution in [2.45, 2.75) is 45.6 Å². The Morgan fingerprint density at radius 3 is 2.62 bits per heavy atom. The van der Waals surface area contributed by atoms with Gasteiger partial charge in [-0.3, -0.25) is 19.3 Å². The molecule has 174 valence electrons. The number of hydrogen-bond acceptors (Lipinski definition) is 6. The van der Waals surface area contributed by atoms with Crippen LogP contribution in [0.3, 0.4) is 0 Å². The number of ether oxygens (including phenoxy) is 1. The number of hydrogen-bond donors (Lipinski definition) is 0. The molecule has 1 amide bonds. The molecular weight excluding hydrogens is 430 g/mol. The van der Waals surface area contributed by atoms with Crippen LogP contribution in [0.5, 0.6) is 5.75 Å². The number of pyridine rings is 1. The predicted octanol–water partition coefficient (Wildman–Crippen LogP) is 3.94. The first kappa shape index (κ1) is 22.1. The molecule has 0 unspecified atom stereocenters. The molecule has 1 fully saturated rings. The van der Waals surface area contributed by atoms with Gasteiger partial charge in [-0.15, -0.1) is 0 Å². The normalized spacial score (nSPS) is 17.1. The molecule has 8 nitrogen and oxygen atoms in total. The Bertz CT molecular complexity index is 1340. The second-order valence-electron chi connectivity index (χ2n) is 9.71. The van der Waals surface area contributed by atoms with Crippen LogP contribution in [0.15, 0.2) is 30.6 Å². The van der Waals surface area contributed by atoms with Gasteiger partial charge in [0.05, 0.1) is 30.0 Å². The Labute approximate surface area is 198 Å². The van der Waals surface area contributed by atoms with Crippen molar-refractivity contribution in [1.82, 2.24) is 19.7 Å². The van der Waals surface area contributed by atoms with Crippen molar-refractivity contribution < 1.29 is 14.3 Å². The first-order chi connectivity index (χ1) is 16.3. The van der Waals surface area contributed by atoms with Crippen molar-refractivity contribution >= 4 is 22.6 Å². The van der Waals surface area contributed by atoms with E-state index in [1.54, 1.807) is 24.4 Å². The highest BCUT2D eigenvalue weighted by atomic mass is 16.5. The Kier molecular flexibility index (Phi) is 5.35. The molecule has 1 aliphatic carbocycles. The van der Waals surface area contributed by atoms with E-state index in [4.69, 9.17) is 4.74 Å². The SMILES string of the molecule is COc1cc2cc(C(=O)N3CCC4(CC3)CC(=O)c3c(cnn3C(C)C)C4)cnc2cc1C#N. The number of benzene rings is 1. The van der Waals surface area contributed by atoms with E-state index in [9.17, 15) is 14.9 Å². The van der Waals surface area contributed by atoms with Crippen molar-refractivity contribution in [3.8, 4) is 11.8 Å². The summed E-state index contributed by atoms with van der Waals surface area (Å²) in [7, 11) is 1.51. The lowest BCUT2D eigenvalue weighted by Gasteiger charge is -2.43. The molecule has 0 radical (unpaired) electrons. The molecule has 0 N–H and O–H groups in total. The summed E-state index contributed by atoms with van der Waals surface area (Å²) in [5.41, 5.74) is 3.26. The number of fused-ring (bicyclic) bond motifs is 2. The second kappa shape index (κ2) is 8.24. The Morgan fingerprint density at radius 2 is 1.94 bits per heavy atom. The van der Waals surface area contributed by atoms with E-state index in [2.05, 4.69) is 16.2 Å². The van der Waals surface area contributed by atoms with Crippen LogP contribution in [-0.4, -0.2) is 51.6 Å². The minimum atomic E-state index is -0.103. The van der Waals surface area contributed by atoms with Gasteiger partial charge < -0.3 is 9.64 Å². The zero-order chi connectivity index (χ0) is 24.0. The molecular formula is C26H27N5O3. The topological polar surface area (TPSA) is 101 Å². The predicted molar refractivity (Wildman–Crippen MR) is 126 cm³/mol. The van der Waals surface area contributed by atoms with Crippen LogP contribution < -0.4 is 4.74 Å². The monoisotopic (exact) mass is 457 g/mol. The third-order valence-electron chi connectivity index (χ3n) is 7.21. The van der Waals surface area contributed by atoms with Crippen LogP contribution in [0.25, 0.3) is 10.9 Å². The van der Waals surface area contributed by atoms with Gasteiger partial charge in [-0.1, -0.05) is 0 Å². The molecule has 2 aromatic heterocycles. The third kappa shape index (κ3) is 3.61. The van der Waals surface area contributed by atoms with Crippen molar-refractivity contribution in [1.29, 1.82) is 5.26 Å². The number of carbonyl (C=O) groups excluding carboxylic acids is 2. The van der Waals surface area contributed by atoms with Gasteiger partial charge in [-0.25, -0.2) is 0 Å². The highest BCUT2D eigenvalue weighted by Crippen LogP contribution is 2.44. The lowest BCUT2D eigenvalue weighted by atomic mass is 9.67. The average molecular weight is 458 g/mol. The number of aromatic nitrogens is 3. The van der Waals surface area contributed by atoms with E-state index in [1.165, 1.54) is 7.11 Å². The van der Waals surface area contributed by atoms with E-state index in [-0.39, 0.29) is 23.1 Å². The molecule has 0 saturated carbocycles. The maximum absolute atomic E-state index is 13.3. The zero-order valence-electron chi connectivity index (χ0n) is 19.7. The number of methoxy groups -OCH3 is 1. The summed E-state index contributed by atoms with van der Waals surface area (Å²) in [5, 5.41) is 14.5. The maximum Gasteiger partial charge on any atom is 0.255 e. The molecule has 1 aromatic carbocycles. The second-order valence-corrected chi connectivity index (χ2v) is 9.71. The molecule has 3 aromatic rings. The highest BCUT2D eigenvalue weighted by Gasteiger charge is 2.43. The van der Waals surface area contributed by atoms with E-state index in [0.717, 1.165) is 35.9 Å². The molecule has 0 atom stereocenters. The van der Waals surface area contributed by atoms with E-state index in [1.807, 2.05) is 29.6 Å². The molecule has 3 heterocycles. The Balaban J connectivity index is 1.33. The van der Waals surface area contributed by atoms with Gasteiger partial charge in [0.15, 0.2) is 5.78 Å². The molecule has 8 heteroatoms. The van der Waals surface area contributed by atoms with Gasteiger partial charge >= 0.3 is 0 Å². The van der Waals surface area contributed by atoms with Crippen LogP contribution in [0.1, 0.15) is 71.1 Å². The number of rotatable bonds is 3. The molecule has 2 aliphatic rings. The van der Waals surface area contributed by atoms with Crippen LogP contribution in [0, 0.1) is 16.7 Å². The summed E-state index contributed by atoms with van der Waals surface area (Å²) in [6.45, 7) is 5.29. The largest absolute Gasteiger partial charge is 0.495 e. The van der Waals surface area contributed by atoms with Crippen LogP contribution in [-0.2, 0) is 6.42 Å². The standard InChI is InChI=1S/C26H27N5O3/c1-16(2)31-24-20(15-29-31)11-26(12-22(24)32)4-6-30(7-5-26)25(33)19-8-17-10-23(34-3)18(13-27)9-21(17)28-14-19/h8-10,14-16H,4-7,11-12H2,1-3H3. The maximum atomic E-state index is 13.3. The van der Waals surface area contributed by atoms with Gasteiger partial charge in [-0.2, -0.15) is 10.4 Å². The summed E-state index contributed by atoms with van der Waals surface area (Å²) in [5.74, 6) is 0.558. The lowest BCUT2D eigenvalue weighted by Crippen LogP contribution is -2.46. The zero-order valence-corrected chi connectivity index (χ0v) is 19.7. The summed E-state index contributed by atoms with van der Waals surface area (Å²) in [4.78, 5) is 32.5. The summed E-state index contributed by atoms with van der Waals surface area (Å²) in [6.07, 6.45) is 6.34. The molecule has 1 spiro atoms. The van der Waals surface area contributed by atoms with Crippen molar-refractivity contribution in [2.75, 3.05) is 20.2 Å². The average Bonchev–Trinajstić information content (AvgIpc) is 3.27. The summed E-state index contributed by atoms with van der Waals surface area (Å²) in [6, 6.07) is 7.47. The van der Waals surface area contributed by atoms with E-state index in [0.29, 0.717) is 41.9 Å². The number of piperidine rings is 1. The van der Waals surface area contributed by atoms with Crippen LogP contribution in [0.2, 0.25) is 0 Å². The first-order valence-corrected chi connectivity index (χ1v) is 11.6. The number of amides is 1. The number of nitriles is 1. The smallest absolute Gasteiger partial charge is 0.255 e. The molecule has 1 aliphatic heterocycles. The van der Waals surface area contributed by atoms with Gasteiger partial charge in [0.25, 0.3) is 5.91 Å². The Hall–Kier alpha value is -3.73. The lowest BCUT2D eigenvalue weighted by molar-refractivity contribution is 0.0517. The number of ketones is 1. The van der Waals surface area contributed by atoms with Crippen molar-refractivity contribution in [3.63, 3.8) is 0 Å². The molecule has 34 heavy (non-hydrogen) atoms.